The zero-order valence-electron chi connectivity index (χ0n) is 34.4. The Hall–Kier alpha value is -5.85. The Labute approximate surface area is 362 Å². The molecule has 0 aromatic heterocycles. The molecule has 0 bridgehead atoms. The molecule has 1 atom stereocenters. The highest BCUT2D eigenvalue weighted by Gasteiger charge is 2.39. The fraction of sp³-hybridized carbons (Fsp3) is 0.375. The van der Waals surface area contributed by atoms with E-state index in [0.29, 0.717) is 56.9 Å². The molecule has 3 aliphatic heterocycles. The number of amides is 4. The summed E-state index contributed by atoms with van der Waals surface area (Å²) in [6, 6.07) is 27.2. The summed E-state index contributed by atoms with van der Waals surface area (Å²) in [7, 11) is 0. The number of phenols is 2. The summed E-state index contributed by atoms with van der Waals surface area (Å²) >= 11 is 6.29. The van der Waals surface area contributed by atoms with Gasteiger partial charge < -0.3 is 30.1 Å². The van der Waals surface area contributed by atoms with Crippen LogP contribution in [0.5, 0.6) is 17.2 Å². The van der Waals surface area contributed by atoms with Crippen LogP contribution in [-0.4, -0.2) is 106 Å². The van der Waals surface area contributed by atoms with Crippen LogP contribution in [-0.2, 0) is 20.9 Å². The minimum atomic E-state index is -0.632. The topological polar surface area (TPSA) is 152 Å². The van der Waals surface area contributed by atoms with Crippen LogP contribution in [0.4, 0.5) is 5.69 Å². The molecule has 3 heterocycles. The number of nitrogens with zero attached hydrogens (tertiary/aromatic N) is 3. The number of carbonyl (C=O) groups excluding carboxylic acids is 4. The van der Waals surface area contributed by atoms with Crippen LogP contribution in [0, 0.1) is 0 Å². The molecular weight excluding hydrogens is 794 g/mol. The molecule has 0 saturated carbocycles. The summed E-state index contributed by atoms with van der Waals surface area (Å²) in [6.07, 6.45) is 5.45. The molecule has 13 heteroatoms. The number of carbonyl (C=O) groups is 4. The van der Waals surface area contributed by atoms with Gasteiger partial charge in [-0.1, -0.05) is 55.3 Å². The number of aromatic hydroxyl groups is 2. The van der Waals surface area contributed by atoms with Gasteiger partial charge in [-0.3, -0.25) is 29.4 Å². The van der Waals surface area contributed by atoms with Crippen molar-refractivity contribution in [1.29, 1.82) is 0 Å². The van der Waals surface area contributed by atoms with Crippen molar-refractivity contribution in [2.45, 2.75) is 64.0 Å². The fourth-order valence-electron chi connectivity index (χ4n) is 8.43. The van der Waals surface area contributed by atoms with Gasteiger partial charge in [0.2, 0.25) is 17.7 Å². The summed E-state index contributed by atoms with van der Waals surface area (Å²) in [4.78, 5) is 56.0. The van der Waals surface area contributed by atoms with Crippen LogP contribution < -0.4 is 15.4 Å². The van der Waals surface area contributed by atoms with Crippen LogP contribution >= 0.6 is 11.6 Å². The van der Waals surface area contributed by atoms with Gasteiger partial charge in [-0.25, -0.2) is 0 Å². The first-order valence-corrected chi connectivity index (χ1v) is 21.8. The average Bonchev–Trinajstić information content (AvgIpc) is 3.60. The first-order valence-electron chi connectivity index (χ1n) is 21.3. The normalized spacial score (nSPS) is 17.2. The first kappa shape index (κ1) is 43.2. The van der Waals surface area contributed by atoms with Crippen molar-refractivity contribution in [3.63, 3.8) is 0 Å². The number of phenolic OH excluding ortho intramolecular Hbond substituents is 2. The maximum atomic E-state index is 13.1. The average molecular weight is 848 g/mol. The number of piperazine rings is 1. The molecule has 3 aliphatic rings. The molecule has 4 aromatic rings. The summed E-state index contributed by atoms with van der Waals surface area (Å²) in [5.41, 5.74) is 7.29. The lowest BCUT2D eigenvalue weighted by Crippen LogP contribution is -2.52. The molecule has 320 valence electrons. The summed E-state index contributed by atoms with van der Waals surface area (Å²) in [5.74, 6) is 0.894. The third-order valence-electron chi connectivity index (χ3n) is 11.8. The summed E-state index contributed by atoms with van der Waals surface area (Å²) in [6.45, 7) is 5.40. The quantitative estimate of drug-likeness (QED) is 0.0358. The van der Waals surface area contributed by atoms with E-state index in [1.165, 1.54) is 0 Å². The van der Waals surface area contributed by atoms with E-state index in [2.05, 4.69) is 15.5 Å². The van der Waals surface area contributed by atoms with Crippen molar-refractivity contribution in [1.82, 2.24) is 20.0 Å². The maximum Gasteiger partial charge on any atom is 0.255 e. The van der Waals surface area contributed by atoms with E-state index in [1.807, 2.05) is 65.6 Å². The zero-order chi connectivity index (χ0) is 42.7. The number of benzene rings is 4. The monoisotopic (exact) mass is 847 g/mol. The lowest BCUT2D eigenvalue weighted by Gasteiger charge is -2.34. The number of hydrogen-bond donors (Lipinski definition) is 4. The van der Waals surface area contributed by atoms with E-state index < -0.39 is 11.9 Å². The lowest BCUT2D eigenvalue weighted by atomic mass is 9.88. The second kappa shape index (κ2) is 20.6. The maximum absolute atomic E-state index is 13.1. The van der Waals surface area contributed by atoms with Gasteiger partial charge in [-0.05, 0) is 102 Å². The molecule has 1 unspecified atom stereocenters. The number of ether oxygens (including phenoxy) is 1. The molecule has 12 nitrogen and oxygen atoms in total. The molecule has 61 heavy (non-hydrogen) atoms. The minimum absolute atomic E-state index is 0.176. The molecule has 4 aromatic carbocycles. The van der Waals surface area contributed by atoms with Gasteiger partial charge in [0.25, 0.3) is 5.91 Å². The molecule has 4 N–H and O–H groups in total. The fourth-order valence-corrected chi connectivity index (χ4v) is 8.62. The number of unbranched alkanes of at least 4 members (excludes halogenated alkanes) is 3. The van der Waals surface area contributed by atoms with Crippen molar-refractivity contribution >= 4 is 52.1 Å². The van der Waals surface area contributed by atoms with E-state index in [0.717, 1.165) is 96.7 Å². The number of allylic oxidation sites excluding steroid dienone is 1. The Morgan fingerprint density at radius 2 is 1.44 bits per heavy atom. The number of imide groups is 1. The van der Waals surface area contributed by atoms with Crippen LogP contribution in [0.2, 0.25) is 0 Å². The highest BCUT2D eigenvalue weighted by molar-refractivity contribution is 6.18. The van der Waals surface area contributed by atoms with Gasteiger partial charge in [0.15, 0.2) is 0 Å². The van der Waals surface area contributed by atoms with E-state index in [4.69, 9.17) is 16.3 Å². The molecule has 4 amide bonds. The number of halogens is 1. The molecular formula is C48H54ClN5O7. The van der Waals surface area contributed by atoms with Gasteiger partial charge in [0.05, 0.1) is 0 Å². The van der Waals surface area contributed by atoms with Gasteiger partial charge >= 0.3 is 0 Å². The molecule has 0 aliphatic carbocycles. The molecule has 0 radical (unpaired) electrons. The smallest absolute Gasteiger partial charge is 0.255 e. The third kappa shape index (κ3) is 10.9. The Morgan fingerprint density at radius 1 is 0.787 bits per heavy atom. The van der Waals surface area contributed by atoms with Gasteiger partial charge in [0, 0.05) is 81.3 Å². The van der Waals surface area contributed by atoms with Crippen LogP contribution in [0.25, 0.3) is 11.1 Å². The number of piperidine rings is 1. The number of fused-ring (bicyclic) bond motifs is 1. The third-order valence-corrected chi connectivity index (χ3v) is 12.0. The van der Waals surface area contributed by atoms with E-state index >= 15 is 0 Å². The lowest BCUT2D eigenvalue weighted by molar-refractivity contribution is -0.137. The number of alkyl halides is 1. The van der Waals surface area contributed by atoms with Crippen molar-refractivity contribution in [2.75, 3.05) is 57.1 Å². The zero-order valence-corrected chi connectivity index (χ0v) is 35.2. The minimum Gasteiger partial charge on any atom is -0.508 e. The second-order valence-corrected chi connectivity index (χ2v) is 16.2. The summed E-state index contributed by atoms with van der Waals surface area (Å²) in [5, 5.41) is 25.7. The number of nitrogens with one attached hydrogen (secondary N) is 2. The largest absolute Gasteiger partial charge is 0.508 e. The van der Waals surface area contributed by atoms with Crippen LogP contribution in [0.1, 0.15) is 84.0 Å². The predicted molar refractivity (Wildman–Crippen MR) is 236 cm³/mol. The van der Waals surface area contributed by atoms with E-state index in [1.54, 1.807) is 35.2 Å². The van der Waals surface area contributed by atoms with Gasteiger partial charge in [0.1, 0.15) is 29.9 Å². The van der Waals surface area contributed by atoms with Crippen LogP contribution in [0.15, 0.2) is 91.0 Å². The number of rotatable bonds is 18. The van der Waals surface area contributed by atoms with Gasteiger partial charge in [-0.15, -0.1) is 11.6 Å². The Kier molecular flexibility index (Phi) is 14.6. The molecule has 2 fully saturated rings. The van der Waals surface area contributed by atoms with Crippen molar-refractivity contribution < 1.29 is 34.1 Å². The van der Waals surface area contributed by atoms with Gasteiger partial charge in [-0.2, -0.15) is 0 Å². The number of hydrogen-bond acceptors (Lipinski definition) is 9. The van der Waals surface area contributed by atoms with Crippen LogP contribution in [0.3, 0.4) is 0 Å². The summed E-state index contributed by atoms with van der Waals surface area (Å²) < 4.78 is 6.16. The Balaban J connectivity index is 0.802. The standard InChI is InChI=1S/C48H54ClN5O7/c49-24-23-39(33-9-15-36(55)16-10-33)46(34-11-17-37(56)18-12-34)35-13-19-38(20-14-35)61-31-30-52-26-28-53(29-27-52)45(58)8-3-1-2-4-25-50-42-7-5-6-40-41(42)32-54(48(40)60)43-21-22-44(57)51-47(43)59/h5-7,9-20,43,50,55-56H,1-4,8,21-32H2,(H,51,57,59). The highest BCUT2D eigenvalue weighted by atomic mass is 35.5. The van der Waals surface area contributed by atoms with Crippen molar-refractivity contribution in [2.24, 2.45) is 0 Å². The molecule has 7 rings (SSSR count). The number of anilines is 1. The molecule has 0 spiro atoms. The van der Waals surface area contributed by atoms with Crippen molar-refractivity contribution in [3.05, 3.63) is 119 Å². The Morgan fingerprint density at radius 3 is 2.11 bits per heavy atom. The Bertz CT molecular complexity index is 2200. The first-order chi connectivity index (χ1) is 29.7. The van der Waals surface area contributed by atoms with Crippen molar-refractivity contribution in [3.8, 4) is 17.2 Å². The van der Waals surface area contributed by atoms with E-state index in [-0.39, 0.29) is 35.6 Å². The van der Waals surface area contributed by atoms with E-state index in [9.17, 15) is 29.4 Å². The second-order valence-electron chi connectivity index (χ2n) is 15.8. The highest BCUT2D eigenvalue weighted by Crippen LogP contribution is 2.37. The predicted octanol–water partition coefficient (Wildman–Crippen LogP) is 7.03. The molecule has 2 saturated heterocycles. The SMILES string of the molecule is O=C1CCC(N2Cc3c(NCCCCCCC(=O)N4CCN(CCOc5ccc(C(=C(CCCl)c6ccc(O)cc6)c6ccc(O)cc6)cc5)CC4)cccc3C2=O)C(=O)N1.